The average Bonchev–Trinajstić information content (AvgIpc) is 2.25. The standard InChI is InChI=1S/C13H21NO3/c1-12(2,16)8-9-13(10-17-11(14)15)6-4-3-5-7-13/h3-6,16H,7-10H2,1-2H3,(H2,14,15). The van der Waals surface area contributed by atoms with Crippen molar-refractivity contribution in [1.29, 1.82) is 0 Å². The van der Waals surface area contributed by atoms with Crippen molar-refractivity contribution in [3.63, 3.8) is 0 Å². The van der Waals surface area contributed by atoms with Crippen LogP contribution in [0, 0.1) is 5.41 Å². The summed E-state index contributed by atoms with van der Waals surface area (Å²) in [5.74, 6) is 0. The maximum absolute atomic E-state index is 10.7. The number of rotatable bonds is 5. The summed E-state index contributed by atoms with van der Waals surface area (Å²) < 4.78 is 4.92. The Hall–Kier alpha value is -1.29. The van der Waals surface area contributed by atoms with Crippen molar-refractivity contribution >= 4 is 6.09 Å². The van der Waals surface area contributed by atoms with Gasteiger partial charge in [-0.15, -0.1) is 0 Å². The van der Waals surface area contributed by atoms with Crippen molar-refractivity contribution in [2.24, 2.45) is 11.1 Å². The van der Waals surface area contributed by atoms with E-state index >= 15 is 0 Å². The molecule has 17 heavy (non-hydrogen) atoms. The first kappa shape index (κ1) is 13.8. The van der Waals surface area contributed by atoms with Crippen LogP contribution in [-0.4, -0.2) is 23.4 Å². The summed E-state index contributed by atoms with van der Waals surface area (Å²) in [4.78, 5) is 10.7. The quantitative estimate of drug-likeness (QED) is 0.772. The van der Waals surface area contributed by atoms with Gasteiger partial charge in [0.05, 0.1) is 5.60 Å². The van der Waals surface area contributed by atoms with Crippen LogP contribution < -0.4 is 5.73 Å². The lowest BCUT2D eigenvalue weighted by Crippen LogP contribution is -2.31. The van der Waals surface area contributed by atoms with E-state index in [0.717, 1.165) is 12.8 Å². The lowest BCUT2D eigenvalue weighted by molar-refractivity contribution is 0.0450. The first-order chi connectivity index (χ1) is 7.83. The van der Waals surface area contributed by atoms with Crippen molar-refractivity contribution in [1.82, 2.24) is 0 Å². The molecule has 0 aromatic heterocycles. The summed E-state index contributed by atoms with van der Waals surface area (Å²) >= 11 is 0. The Balaban J connectivity index is 2.63. The molecule has 0 aromatic rings. The van der Waals surface area contributed by atoms with Crippen molar-refractivity contribution in [2.75, 3.05) is 6.61 Å². The van der Waals surface area contributed by atoms with Crippen LogP contribution in [0.3, 0.4) is 0 Å². The van der Waals surface area contributed by atoms with E-state index < -0.39 is 11.7 Å². The Labute approximate surface area is 102 Å². The predicted octanol–water partition coefficient (Wildman–Crippen LogP) is 2.14. The zero-order chi connectivity index (χ0) is 12.9. The molecule has 4 nitrogen and oxygen atoms in total. The van der Waals surface area contributed by atoms with Crippen molar-refractivity contribution < 1.29 is 14.6 Å². The van der Waals surface area contributed by atoms with Gasteiger partial charge in [-0.05, 0) is 33.1 Å². The average molecular weight is 239 g/mol. The highest BCUT2D eigenvalue weighted by atomic mass is 16.5. The SMILES string of the molecule is CC(C)(O)CCC1(COC(N)=O)C=CC=CC1. The number of hydrogen-bond acceptors (Lipinski definition) is 3. The highest BCUT2D eigenvalue weighted by Gasteiger charge is 2.30. The Morgan fingerprint density at radius 2 is 2.24 bits per heavy atom. The summed E-state index contributed by atoms with van der Waals surface area (Å²) in [6.45, 7) is 3.81. The zero-order valence-electron chi connectivity index (χ0n) is 10.5. The highest BCUT2D eigenvalue weighted by Crippen LogP contribution is 2.35. The van der Waals surface area contributed by atoms with E-state index in [2.05, 4.69) is 0 Å². The van der Waals surface area contributed by atoms with E-state index in [9.17, 15) is 9.90 Å². The molecule has 0 spiro atoms. The van der Waals surface area contributed by atoms with Crippen LogP contribution in [0.25, 0.3) is 0 Å². The molecule has 1 amide bonds. The van der Waals surface area contributed by atoms with Gasteiger partial charge in [0.2, 0.25) is 0 Å². The summed E-state index contributed by atoms with van der Waals surface area (Å²) in [7, 11) is 0. The van der Waals surface area contributed by atoms with Gasteiger partial charge in [-0.25, -0.2) is 4.79 Å². The van der Waals surface area contributed by atoms with E-state index in [-0.39, 0.29) is 12.0 Å². The second-order valence-electron chi connectivity index (χ2n) is 5.27. The normalized spacial score (nSPS) is 23.7. The second kappa shape index (κ2) is 5.36. The molecule has 0 bridgehead atoms. The van der Waals surface area contributed by atoms with Crippen LogP contribution in [0.4, 0.5) is 4.79 Å². The molecule has 0 aromatic carbocycles. The molecule has 4 heteroatoms. The maximum Gasteiger partial charge on any atom is 0.404 e. The Bertz CT molecular complexity index is 328. The van der Waals surface area contributed by atoms with Crippen molar-refractivity contribution in [3.05, 3.63) is 24.3 Å². The number of primary amides is 1. The summed E-state index contributed by atoms with van der Waals surface area (Å²) in [6, 6.07) is 0. The van der Waals surface area contributed by atoms with Gasteiger partial charge >= 0.3 is 6.09 Å². The van der Waals surface area contributed by atoms with Crippen molar-refractivity contribution in [2.45, 2.75) is 38.7 Å². The van der Waals surface area contributed by atoms with Gasteiger partial charge in [0.15, 0.2) is 0 Å². The maximum atomic E-state index is 10.7. The third kappa shape index (κ3) is 5.04. The molecule has 0 heterocycles. The van der Waals surface area contributed by atoms with E-state index in [1.807, 2.05) is 24.3 Å². The molecule has 1 rings (SSSR count). The summed E-state index contributed by atoms with van der Waals surface area (Å²) in [5.41, 5.74) is 4.05. The molecule has 1 atom stereocenters. The predicted molar refractivity (Wildman–Crippen MR) is 66.4 cm³/mol. The molecule has 1 aliphatic carbocycles. The fraction of sp³-hybridized carbons (Fsp3) is 0.615. The Morgan fingerprint density at radius 3 is 2.71 bits per heavy atom. The molecule has 0 radical (unpaired) electrons. The van der Waals surface area contributed by atoms with Crippen LogP contribution in [0.2, 0.25) is 0 Å². The lowest BCUT2D eigenvalue weighted by atomic mass is 9.76. The molecule has 1 unspecified atom stereocenters. The zero-order valence-corrected chi connectivity index (χ0v) is 10.5. The molecule has 0 saturated heterocycles. The van der Waals surface area contributed by atoms with Crippen LogP contribution in [0.15, 0.2) is 24.3 Å². The Morgan fingerprint density at radius 1 is 1.53 bits per heavy atom. The van der Waals surface area contributed by atoms with Gasteiger partial charge in [0, 0.05) is 5.41 Å². The van der Waals surface area contributed by atoms with Gasteiger partial charge in [0.25, 0.3) is 0 Å². The van der Waals surface area contributed by atoms with E-state index in [1.165, 1.54) is 0 Å². The number of ether oxygens (including phenoxy) is 1. The minimum absolute atomic E-state index is 0.232. The van der Waals surface area contributed by atoms with Crippen LogP contribution in [0.5, 0.6) is 0 Å². The molecule has 0 saturated carbocycles. The molecule has 0 fully saturated rings. The number of carbonyl (C=O) groups is 1. The number of carbonyl (C=O) groups excluding carboxylic acids is 1. The minimum Gasteiger partial charge on any atom is -0.449 e. The number of hydrogen-bond donors (Lipinski definition) is 2. The molecular formula is C13H21NO3. The molecule has 3 N–H and O–H groups in total. The molecule has 96 valence electrons. The first-order valence-corrected chi connectivity index (χ1v) is 5.82. The van der Waals surface area contributed by atoms with Gasteiger partial charge in [0.1, 0.15) is 6.61 Å². The van der Waals surface area contributed by atoms with Gasteiger partial charge in [-0.3, -0.25) is 0 Å². The Kier molecular flexibility index (Phi) is 4.34. The van der Waals surface area contributed by atoms with E-state index in [4.69, 9.17) is 10.5 Å². The smallest absolute Gasteiger partial charge is 0.404 e. The molecular weight excluding hydrogens is 218 g/mol. The monoisotopic (exact) mass is 239 g/mol. The third-order valence-corrected chi connectivity index (χ3v) is 2.96. The third-order valence-electron chi connectivity index (χ3n) is 2.96. The number of allylic oxidation sites excluding steroid dienone is 3. The lowest BCUT2D eigenvalue weighted by Gasteiger charge is -2.32. The molecule has 1 aliphatic rings. The topological polar surface area (TPSA) is 72.6 Å². The second-order valence-corrected chi connectivity index (χ2v) is 5.27. The fourth-order valence-corrected chi connectivity index (χ4v) is 1.84. The number of amides is 1. The van der Waals surface area contributed by atoms with Gasteiger partial charge in [-0.1, -0.05) is 24.3 Å². The number of aliphatic hydroxyl groups is 1. The van der Waals surface area contributed by atoms with Crippen molar-refractivity contribution in [3.8, 4) is 0 Å². The van der Waals surface area contributed by atoms with E-state index in [0.29, 0.717) is 6.42 Å². The summed E-state index contributed by atoms with van der Waals surface area (Å²) in [5, 5.41) is 9.77. The van der Waals surface area contributed by atoms with Gasteiger partial charge in [-0.2, -0.15) is 0 Å². The number of nitrogens with two attached hydrogens (primary N) is 1. The van der Waals surface area contributed by atoms with Crippen LogP contribution in [-0.2, 0) is 4.74 Å². The van der Waals surface area contributed by atoms with Crippen LogP contribution in [0.1, 0.15) is 33.1 Å². The fourth-order valence-electron chi connectivity index (χ4n) is 1.84. The summed E-state index contributed by atoms with van der Waals surface area (Å²) in [6.07, 6.45) is 9.42. The first-order valence-electron chi connectivity index (χ1n) is 5.82. The molecule has 0 aliphatic heterocycles. The largest absolute Gasteiger partial charge is 0.449 e. The van der Waals surface area contributed by atoms with E-state index in [1.54, 1.807) is 13.8 Å². The highest BCUT2D eigenvalue weighted by molar-refractivity contribution is 5.64. The van der Waals surface area contributed by atoms with Gasteiger partial charge < -0.3 is 15.6 Å². The van der Waals surface area contributed by atoms with Crippen LogP contribution >= 0.6 is 0 Å². The minimum atomic E-state index is -0.754.